The molecule has 0 rings (SSSR count). The zero-order chi connectivity index (χ0) is 13.1. The van der Waals surface area contributed by atoms with E-state index in [1.807, 2.05) is 0 Å². The SMILES string of the molecule is CCC(C)CCCCCC(C)CCCC(C)C. The maximum absolute atomic E-state index is 2.44. The van der Waals surface area contributed by atoms with Gasteiger partial charge in [-0.15, -0.1) is 0 Å². The summed E-state index contributed by atoms with van der Waals surface area (Å²) in [6.45, 7) is 11.8. The molecule has 0 aromatic rings. The summed E-state index contributed by atoms with van der Waals surface area (Å²) >= 11 is 0. The van der Waals surface area contributed by atoms with E-state index in [4.69, 9.17) is 0 Å². The summed E-state index contributed by atoms with van der Waals surface area (Å²) in [7, 11) is 0. The van der Waals surface area contributed by atoms with Crippen LogP contribution in [0.1, 0.15) is 92.4 Å². The fraction of sp³-hybridized carbons (Fsp3) is 1.00. The third-order valence-corrected chi connectivity index (χ3v) is 4.07. The number of hydrogen-bond donors (Lipinski definition) is 0. The largest absolute Gasteiger partial charge is 0.0651 e. The van der Waals surface area contributed by atoms with Gasteiger partial charge in [0.05, 0.1) is 0 Å². The molecule has 0 aliphatic heterocycles. The third-order valence-electron chi connectivity index (χ3n) is 4.07. The smallest absolute Gasteiger partial charge is 0.0443 e. The molecule has 0 aliphatic rings. The van der Waals surface area contributed by atoms with Crippen LogP contribution in [0.2, 0.25) is 0 Å². The van der Waals surface area contributed by atoms with Crippen LogP contribution >= 0.6 is 0 Å². The average molecular weight is 240 g/mol. The topological polar surface area (TPSA) is 0 Å². The first-order valence-electron chi connectivity index (χ1n) is 8.06. The molecule has 0 radical (unpaired) electrons. The molecule has 0 fully saturated rings. The zero-order valence-electron chi connectivity index (χ0n) is 13.1. The van der Waals surface area contributed by atoms with E-state index < -0.39 is 0 Å². The van der Waals surface area contributed by atoms with Crippen LogP contribution in [0.15, 0.2) is 0 Å². The van der Waals surface area contributed by atoms with Gasteiger partial charge in [-0.25, -0.2) is 0 Å². The molecule has 0 heterocycles. The van der Waals surface area contributed by atoms with Crippen molar-refractivity contribution in [1.29, 1.82) is 0 Å². The average Bonchev–Trinajstić information content (AvgIpc) is 2.27. The molecule has 0 nitrogen and oxygen atoms in total. The first-order valence-corrected chi connectivity index (χ1v) is 8.06. The Balaban J connectivity index is 3.24. The van der Waals surface area contributed by atoms with Gasteiger partial charge in [0.25, 0.3) is 0 Å². The molecule has 0 spiro atoms. The van der Waals surface area contributed by atoms with Crippen LogP contribution in [0.25, 0.3) is 0 Å². The maximum atomic E-state index is 2.44. The van der Waals surface area contributed by atoms with E-state index in [9.17, 15) is 0 Å². The Morgan fingerprint density at radius 1 is 0.588 bits per heavy atom. The molecule has 0 saturated carbocycles. The minimum atomic E-state index is 0.887. The molecule has 0 aromatic heterocycles. The number of unbranched alkanes of at least 4 members (excludes halogenated alkanes) is 2. The van der Waals surface area contributed by atoms with E-state index in [1.54, 1.807) is 0 Å². The van der Waals surface area contributed by atoms with Crippen molar-refractivity contribution in [1.82, 2.24) is 0 Å². The third kappa shape index (κ3) is 12.2. The van der Waals surface area contributed by atoms with Crippen molar-refractivity contribution in [3.63, 3.8) is 0 Å². The molecule has 2 unspecified atom stereocenters. The van der Waals surface area contributed by atoms with Crippen LogP contribution in [0, 0.1) is 17.8 Å². The molecule has 0 heteroatoms. The summed E-state index contributed by atoms with van der Waals surface area (Å²) in [6.07, 6.45) is 12.9. The lowest BCUT2D eigenvalue weighted by molar-refractivity contribution is 0.409. The lowest BCUT2D eigenvalue weighted by Crippen LogP contribution is -1.97. The highest BCUT2D eigenvalue weighted by molar-refractivity contribution is 4.57. The van der Waals surface area contributed by atoms with Crippen molar-refractivity contribution in [2.75, 3.05) is 0 Å². The maximum Gasteiger partial charge on any atom is -0.0443 e. The zero-order valence-corrected chi connectivity index (χ0v) is 13.1. The minimum absolute atomic E-state index is 0.887. The van der Waals surface area contributed by atoms with Crippen LogP contribution in [0.5, 0.6) is 0 Å². The fourth-order valence-corrected chi connectivity index (χ4v) is 2.39. The van der Waals surface area contributed by atoms with E-state index in [2.05, 4.69) is 34.6 Å². The summed E-state index contributed by atoms with van der Waals surface area (Å²) < 4.78 is 0. The Hall–Kier alpha value is 0. The van der Waals surface area contributed by atoms with Crippen molar-refractivity contribution in [3.05, 3.63) is 0 Å². The molecule has 0 bridgehead atoms. The van der Waals surface area contributed by atoms with Crippen molar-refractivity contribution in [2.24, 2.45) is 17.8 Å². The second-order valence-corrected chi connectivity index (χ2v) is 6.58. The summed E-state index contributed by atoms with van der Waals surface area (Å²) in [5.74, 6) is 2.79. The Kier molecular flexibility index (Phi) is 11.1. The van der Waals surface area contributed by atoms with Crippen LogP contribution in [0.4, 0.5) is 0 Å². The van der Waals surface area contributed by atoms with Gasteiger partial charge in [-0.2, -0.15) is 0 Å². The summed E-state index contributed by atoms with van der Waals surface area (Å²) in [5, 5.41) is 0. The first-order chi connectivity index (χ1) is 8.06. The molecule has 104 valence electrons. The molecule has 0 amide bonds. The summed E-state index contributed by atoms with van der Waals surface area (Å²) in [6, 6.07) is 0. The van der Waals surface area contributed by atoms with Gasteiger partial charge in [0.15, 0.2) is 0 Å². The fourth-order valence-electron chi connectivity index (χ4n) is 2.39. The highest BCUT2D eigenvalue weighted by Crippen LogP contribution is 2.19. The normalized spacial score (nSPS) is 15.2. The Morgan fingerprint density at radius 2 is 1.12 bits per heavy atom. The van der Waals surface area contributed by atoms with Crippen LogP contribution in [-0.2, 0) is 0 Å². The van der Waals surface area contributed by atoms with E-state index in [1.165, 1.54) is 57.8 Å². The van der Waals surface area contributed by atoms with Gasteiger partial charge in [-0.3, -0.25) is 0 Å². The number of rotatable bonds is 11. The second kappa shape index (κ2) is 11.1. The van der Waals surface area contributed by atoms with Gasteiger partial charge in [-0.1, -0.05) is 92.4 Å². The predicted molar refractivity (Wildman–Crippen MR) is 80.4 cm³/mol. The van der Waals surface area contributed by atoms with Gasteiger partial charge >= 0.3 is 0 Å². The summed E-state index contributed by atoms with van der Waals surface area (Å²) in [4.78, 5) is 0. The molecule has 0 saturated heterocycles. The van der Waals surface area contributed by atoms with Crippen LogP contribution in [0.3, 0.4) is 0 Å². The van der Waals surface area contributed by atoms with Crippen molar-refractivity contribution >= 4 is 0 Å². The highest BCUT2D eigenvalue weighted by atomic mass is 14.1. The Bertz CT molecular complexity index is 148. The van der Waals surface area contributed by atoms with Gasteiger partial charge in [0.1, 0.15) is 0 Å². The van der Waals surface area contributed by atoms with E-state index in [0.29, 0.717) is 0 Å². The molecule has 2 atom stereocenters. The molecule has 0 aromatic carbocycles. The lowest BCUT2D eigenvalue weighted by Gasteiger charge is -2.12. The van der Waals surface area contributed by atoms with Gasteiger partial charge < -0.3 is 0 Å². The quantitative estimate of drug-likeness (QED) is 0.364. The lowest BCUT2D eigenvalue weighted by atomic mass is 9.94. The molecule has 0 N–H and O–H groups in total. The molecular weight excluding hydrogens is 204 g/mol. The van der Waals surface area contributed by atoms with Gasteiger partial charge in [0, 0.05) is 0 Å². The van der Waals surface area contributed by atoms with E-state index in [0.717, 1.165) is 17.8 Å². The van der Waals surface area contributed by atoms with E-state index >= 15 is 0 Å². The van der Waals surface area contributed by atoms with Gasteiger partial charge in [-0.05, 0) is 17.8 Å². The molecule has 17 heavy (non-hydrogen) atoms. The second-order valence-electron chi connectivity index (χ2n) is 6.58. The van der Waals surface area contributed by atoms with Crippen molar-refractivity contribution in [3.8, 4) is 0 Å². The molecule has 0 aliphatic carbocycles. The first kappa shape index (κ1) is 17.0. The standard InChI is InChI=1S/C17H36/c1-6-16(4)12-8-7-9-13-17(5)14-10-11-15(2)3/h15-17H,6-14H2,1-5H3. The van der Waals surface area contributed by atoms with Crippen molar-refractivity contribution < 1.29 is 0 Å². The van der Waals surface area contributed by atoms with Crippen LogP contribution < -0.4 is 0 Å². The van der Waals surface area contributed by atoms with E-state index in [-0.39, 0.29) is 0 Å². The Labute approximate surface area is 111 Å². The van der Waals surface area contributed by atoms with Crippen LogP contribution in [-0.4, -0.2) is 0 Å². The predicted octanol–water partition coefficient (Wildman–Crippen LogP) is 6.45. The number of hydrogen-bond acceptors (Lipinski definition) is 0. The minimum Gasteiger partial charge on any atom is -0.0651 e. The highest BCUT2D eigenvalue weighted by Gasteiger charge is 2.03. The summed E-state index contributed by atoms with van der Waals surface area (Å²) in [5.41, 5.74) is 0. The van der Waals surface area contributed by atoms with Gasteiger partial charge in [0.2, 0.25) is 0 Å². The Morgan fingerprint density at radius 3 is 1.65 bits per heavy atom. The van der Waals surface area contributed by atoms with Crippen molar-refractivity contribution in [2.45, 2.75) is 92.4 Å². The molecular formula is C17H36. The monoisotopic (exact) mass is 240 g/mol.